The van der Waals surface area contributed by atoms with Gasteiger partial charge in [0, 0.05) is 18.5 Å². The zero-order chi connectivity index (χ0) is 11.5. The number of aliphatic hydroxyl groups is 1. The molecule has 0 amide bonds. The molecule has 5 heteroatoms. The minimum absolute atomic E-state index is 0.165. The van der Waals surface area contributed by atoms with Gasteiger partial charge >= 0.3 is 0 Å². The third kappa shape index (κ3) is 2.56. The van der Waals surface area contributed by atoms with Crippen molar-refractivity contribution in [3.8, 4) is 0 Å². The fourth-order valence-electron chi connectivity index (χ4n) is 2.18. The molecule has 0 aliphatic carbocycles. The van der Waals surface area contributed by atoms with Gasteiger partial charge in [0.25, 0.3) is 0 Å². The molecule has 1 N–H and O–H groups in total. The lowest BCUT2D eigenvalue weighted by atomic mass is 10.2. The first-order valence-corrected chi connectivity index (χ1v) is 7.08. The van der Waals surface area contributed by atoms with E-state index in [4.69, 9.17) is 11.6 Å². The maximum Gasteiger partial charge on any atom is 0.110 e. The SMILES string of the molecule is CCC(c1nc(CCl)cs1)N1CCC(O)C1. The summed E-state index contributed by atoms with van der Waals surface area (Å²) in [7, 11) is 0. The average molecular weight is 261 g/mol. The Morgan fingerprint density at radius 3 is 3.06 bits per heavy atom. The van der Waals surface area contributed by atoms with E-state index in [9.17, 15) is 5.11 Å². The number of β-amino-alcohol motifs (C(OH)–C–C–N with tert-alkyl or cyclic N) is 1. The van der Waals surface area contributed by atoms with Gasteiger partial charge < -0.3 is 5.11 Å². The van der Waals surface area contributed by atoms with Crippen molar-refractivity contribution in [2.45, 2.75) is 37.8 Å². The van der Waals surface area contributed by atoms with Crippen LogP contribution in [0.3, 0.4) is 0 Å². The number of nitrogens with zero attached hydrogens (tertiary/aromatic N) is 2. The highest BCUT2D eigenvalue weighted by molar-refractivity contribution is 7.09. The van der Waals surface area contributed by atoms with E-state index in [1.165, 1.54) is 0 Å². The summed E-state index contributed by atoms with van der Waals surface area (Å²) < 4.78 is 0. The number of rotatable bonds is 4. The molecule has 2 rings (SSSR count). The second kappa shape index (κ2) is 5.45. The Morgan fingerprint density at radius 2 is 2.56 bits per heavy atom. The van der Waals surface area contributed by atoms with Gasteiger partial charge in [-0.25, -0.2) is 4.98 Å². The molecule has 0 radical (unpaired) electrons. The van der Waals surface area contributed by atoms with Crippen LogP contribution in [0.25, 0.3) is 0 Å². The van der Waals surface area contributed by atoms with Gasteiger partial charge in [0.2, 0.25) is 0 Å². The zero-order valence-corrected chi connectivity index (χ0v) is 11.0. The molecule has 1 aromatic heterocycles. The van der Waals surface area contributed by atoms with E-state index in [-0.39, 0.29) is 6.10 Å². The molecule has 3 nitrogen and oxygen atoms in total. The summed E-state index contributed by atoms with van der Waals surface area (Å²) in [6, 6.07) is 0.346. The Hall–Kier alpha value is -0.160. The van der Waals surface area contributed by atoms with Crippen LogP contribution in [0.2, 0.25) is 0 Å². The lowest BCUT2D eigenvalue weighted by molar-refractivity contribution is 0.157. The van der Waals surface area contributed by atoms with Crippen molar-refractivity contribution >= 4 is 22.9 Å². The van der Waals surface area contributed by atoms with E-state index >= 15 is 0 Å². The number of hydrogen-bond donors (Lipinski definition) is 1. The van der Waals surface area contributed by atoms with Crippen LogP contribution in [0.5, 0.6) is 0 Å². The quantitative estimate of drug-likeness (QED) is 0.845. The van der Waals surface area contributed by atoms with Crippen molar-refractivity contribution in [3.63, 3.8) is 0 Å². The summed E-state index contributed by atoms with van der Waals surface area (Å²) in [6.45, 7) is 3.90. The van der Waals surface area contributed by atoms with Crippen molar-refractivity contribution in [1.29, 1.82) is 0 Å². The first-order chi connectivity index (χ1) is 7.74. The first kappa shape index (κ1) is 12.3. The van der Waals surface area contributed by atoms with Gasteiger partial charge in [0.05, 0.1) is 23.7 Å². The van der Waals surface area contributed by atoms with Crippen molar-refractivity contribution in [2.75, 3.05) is 13.1 Å². The smallest absolute Gasteiger partial charge is 0.110 e. The number of halogens is 1. The van der Waals surface area contributed by atoms with Gasteiger partial charge in [0.15, 0.2) is 0 Å². The van der Waals surface area contributed by atoms with E-state index in [1.807, 2.05) is 5.38 Å². The predicted molar refractivity (Wildman–Crippen MR) is 66.9 cm³/mol. The van der Waals surface area contributed by atoms with Crippen LogP contribution in [-0.4, -0.2) is 34.2 Å². The topological polar surface area (TPSA) is 36.4 Å². The fraction of sp³-hybridized carbons (Fsp3) is 0.727. The average Bonchev–Trinajstić information content (AvgIpc) is 2.89. The molecular weight excluding hydrogens is 244 g/mol. The summed E-state index contributed by atoms with van der Waals surface area (Å²) in [6.07, 6.45) is 1.74. The standard InChI is InChI=1S/C11H17ClN2OS/c1-2-10(14-4-3-9(15)6-14)11-13-8(5-12)7-16-11/h7,9-10,15H,2-6H2,1H3. The number of thiazole rings is 1. The van der Waals surface area contributed by atoms with Crippen molar-refractivity contribution in [3.05, 3.63) is 16.1 Å². The third-order valence-electron chi connectivity index (χ3n) is 3.01. The number of hydrogen-bond acceptors (Lipinski definition) is 4. The highest BCUT2D eigenvalue weighted by Gasteiger charge is 2.28. The molecule has 1 aliphatic heterocycles. The second-order valence-electron chi connectivity index (χ2n) is 4.17. The Balaban J connectivity index is 2.09. The van der Waals surface area contributed by atoms with Gasteiger partial charge in [-0.15, -0.1) is 22.9 Å². The van der Waals surface area contributed by atoms with Gasteiger partial charge in [-0.1, -0.05) is 6.92 Å². The van der Waals surface area contributed by atoms with Crippen LogP contribution >= 0.6 is 22.9 Å². The van der Waals surface area contributed by atoms with Gasteiger partial charge in [-0.2, -0.15) is 0 Å². The second-order valence-corrected chi connectivity index (χ2v) is 5.33. The lowest BCUT2D eigenvalue weighted by Crippen LogP contribution is -2.27. The Labute approximate surface area is 105 Å². The van der Waals surface area contributed by atoms with E-state index in [0.717, 1.165) is 36.6 Å². The minimum atomic E-state index is -0.165. The van der Waals surface area contributed by atoms with Crippen LogP contribution in [0.4, 0.5) is 0 Å². The fourth-order valence-corrected chi connectivity index (χ4v) is 3.44. The molecule has 2 unspecified atom stereocenters. The van der Waals surface area contributed by atoms with E-state index < -0.39 is 0 Å². The van der Waals surface area contributed by atoms with Crippen LogP contribution in [0.15, 0.2) is 5.38 Å². The lowest BCUT2D eigenvalue weighted by Gasteiger charge is -2.24. The molecule has 1 fully saturated rings. The Bertz CT molecular complexity index is 344. The monoisotopic (exact) mass is 260 g/mol. The Morgan fingerprint density at radius 1 is 1.75 bits per heavy atom. The summed E-state index contributed by atoms with van der Waals surface area (Å²) in [4.78, 5) is 6.85. The van der Waals surface area contributed by atoms with Crippen molar-refractivity contribution in [1.82, 2.24) is 9.88 Å². The van der Waals surface area contributed by atoms with Crippen molar-refractivity contribution in [2.24, 2.45) is 0 Å². The minimum Gasteiger partial charge on any atom is -0.392 e. The number of aliphatic hydroxyl groups excluding tert-OH is 1. The molecule has 90 valence electrons. The Kier molecular flexibility index (Phi) is 4.19. The highest BCUT2D eigenvalue weighted by Crippen LogP contribution is 2.30. The van der Waals surface area contributed by atoms with E-state index in [0.29, 0.717) is 11.9 Å². The number of alkyl halides is 1. The molecule has 16 heavy (non-hydrogen) atoms. The molecule has 0 saturated carbocycles. The molecule has 1 aromatic rings. The summed E-state index contributed by atoms with van der Waals surface area (Å²) >= 11 is 7.44. The maximum atomic E-state index is 9.56. The summed E-state index contributed by atoms with van der Waals surface area (Å²) in [5, 5.41) is 12.7. The van der Waals surface area contributed by atoms with E-state index in [2.05, 4.69) is 16.8 Å². The first-order valence-electron chi connectivity index (χ1n) is 5.67. The third-order valence-corrected chi connectivity index (χ3v) is 4.28. The van der Waals surface area contributed by atoms with E-state index in [1.54, 1.807) is 11.3 Å². The van der Waals surface area contributed by atoms with Crippen LogP contribution in [-0.2, 0) is 5.88 Å². The molecule has 0 bridgehead atoms. The van der Waals surface area contributed by atoms with Gasteiger partial charge in [-0.3, -0.25) is 4.90 Å². The number of aromatic nitrogens is 1. The molecule has 0 spiro atoms. The molecule has 1 saturated heterocycles. The molecule has 2 atom stereocenters. The van der Waals surface area contributed by atoms with Crippen molar-refractivity contribution < 1.29 is 5.11 Å². The summed E-state index contributed by atoms with van der Waals surface area (Å²) in [5.41, 5.74) is 0.958. The molecule has 1 aliphatic rings. The normalized spacial score (nSPS) is 23.8. The maximum absolute atomic E-state index is 9.56. The molecule has 0 aromatic carbocycles. The zero-order valence-electron chi connectivity index (χ0n) is 9.40. The predicted octanol–water partition coefficient (Wildman–Crippen LogP) is 2.40. The van der Waals surface area contributed by atoms with Crippen LogP contribution < -0.4 is 0 Å². The van der Waals surface area contributed by atoms with Crippen LogP contribution in [0, 0.1) is 0 Å². The molecular formula is C11H17ClN2OS. The number of likely N-dealkylation sites (tertiary alicyclic amines) is 1. The van der Waals surface area contributed by atoms with Gasteiger partial charge in [-0.05, 0) is 12.8 Å². The largest absolute Gasteiger partial charge is 0.392 e. The highest BCUT2D eigenvalue weighted by atomic mass is 35.5. The summed E-state index contributed by atoms with van der Waals surface area (Å²) in [5.74, 6) is 0.482. The molecule has 2 heterocycles. The van der Waals surface area contributed by atoms with Crippen LogP contribution in [0.1, 0.15) is 36.5 Å². The van der Waals surface area contributed by atoms with Gasteiger partial charge in [0.1, 0.15) is 5.01 Å².